The number of likely N-dealkylation sites (N-methyl/N-ethyl adjacent to an activating group) is 1. The largest absolute Gasteiger partial charge is 0.468 e. The van der Waals surface area contributed by atoms with E-state index in [1.165, 1.54) is 7.11 Å². The van der Waals surface area contributed by atoms with Crippen LogP contribution >= 0.6 is 27.5 Å². The van der Waals surface area contributed by atoms with Gasteiger partial charge in [-0.3, -0.25) is 0 Å². The van der Waals surface area contributed by atoms with Crippen LogP contribution in [0.4, 0.5) is 0 Å². The van der Waals surface area contributed by atoms with E-state index in [1.807, 2.05) is 0 Å². The van der Waals surface area contributed by atoms with Crippen molar-refractivity contribution in [2.24, 2.45) is 0 Å². The maximum atomic E-state index is 11.4. The fraction of sp³-hybridized carbons (Fsp3) is 0.300. The first-order valence-electron chi connectivity index (χ1n) is 4.30. The fourth-order valence-corrected chi connectivity index (χ4v) is 1.74. The molecule has 0 amide bonds. The highest BCUT2D eigenvalue weighted by Crippen LogP contribution is 2.26. The SMILES string of the molecule is CNC(C(=O)OC)c1ccc(Cl)c(Br)c1. The Balaban J connectivity index is 3.02. The van der Waals surface area contributed by atoms with Gasteiger partial charge in [-0.25, -0.2) is 4.79 Å². The van der Waals surface area contributed by atoms with E-state index in [0.717, 1.165) is 10.0 Å². The van der Waals surface area contributed by atoms with E-state index in [1.54, 1.807) is 25.2 Å². The van der Waals surface area contributed by atoms with Crippen molar-refractivity contribution in [1.82, 2.24) is 5.32 Å². The fourth-order valence-electron chi connectivity index (χ4n) is 1.23. The average Bonchev–Trinajstić information content (AvgIpc) is 2.24. The second-order valence-corrected chi connectivity index (χ2v) is 4.18. The van der Waals surface area contributed by atoms with E-state index in [4.69, 9.17) is 11.6 Å². The molecule has 0 radical (unpaired) electrons. The molecule has 0 saturated heterocycles. The molecule has 0 aliphatic carbocycles. The number of ether oxygens (including phenoxy) is 1. The van der Waals surface area contributed by atoms with Crippen molar-refractivity contribution < 1.29 is 9.53 Å². The van der Waals surface area contributed by atoms with Gasteiger partial charge in [-0.15, -0.1) is 0 Å². The lowest BCUT2D eigenvalue weighted by Gasteiger charge is -2.14. The summed E-state index contributed by atoms with van der Waals surface area (Å²) in [5.41, 5.74) is 0.806. The number of esters is 1. The molecule has 0 fully saturated rings. The first-order chi connectivity index (χ1) is 7.10. The number of carbonyl (C=O) groups is 1. The van der Waals surface area contributed by atoms with Gasteiger partial charge in [0.15, 0.2) is 0 Å². The summed E-state index contributed by atoms with van der Waals surface area (Å²) in [5, 5.41) is 3.49. The molecule has 1 aromatic carbocycles. The molecule has 0 aliphatic heterocycles. The van der Waals surface area contributed by atoms with Crippen LogP contribution in [0.5, 0.6) is 0 Å². The van der Waals surface area contributed by atoms with Crippen LogP contribution in [0, 0.1) is 0 Å². The van der Waals surface area contributed by atoms with Crippen LogP contribution in [0.2, 0.25) is 5.02 Å². The van der Waals surface area contributed by atoms with E-state index in [2.05, 4.69) is 26.0 Å². The van der Waals surface area contributed by atoms with Crippen molar-refractivity contribution >= 4 is 33.5 Å². The summed E-state index contributed by atoms with van der Waals surface area (Å²) in [4.78, 5) is 11.4. The lowest BCUT2D eigenvalue weighted by Crippen LogP contribution is -2.26. The van der Waals surface area contributed by atoms with Crippen molar-refractivity contribution in [2.75, 3.05) is 14.2 Å². The summed E-state index contributed by atoms with van der Waals surface area (Å²) < 4.78 is 5.43. The number of hydrogen-bond donors (Lipinski definition) is 1. The average molecular weight is 293 g/mol. The van der Waals surface area contributed by atoms with Crippen LogP contribution in [0.25, 0.3) is 0 Å². The molecule has 0 saturated carbocycles. The molecule has 3 nitrogen and oxygen atoms in total. The molecule has 82 valence electrons. The van der Waals surface area contributed by atoms with Gasteiger partial charge in [0.05, 0.1) is 12.1 Å². The Hall–Kier alpha value is -0.580. The maximum Gasteiger partial charge on any atom is 0.327 e. The summed E-state index contributed by atoms with van der Waals surface area (Å²) in [7, 11) is 3.06. The smallest absolute Gasteiger partial charge is 0.327 e. The molecule has 1 rings (SSSR count). The number of benzene rings is 1. The zero-order valence-electron chi connectivity index (χ0n) is 8.38. The van der Waals surface area contributed by atoms with E-state index >= 15 is 0 Å². The Morgan fingerprint density at radius 3 is 2.73 bits per heavy atom. The second kappa shape index (κ2) is 5.49. The molecule has 5 heteroatoms. The van der Waals surface area contributed by atoms with Crippen molar-refractivity contribution in [3.63, 3.8) is 0 Å². The minimum Gasteiger partial charge on any atom is -0.468 e. The molecule has 1 N–H and O–H groups in total. The van der Waals surface area contributed by atoms with Gasteiger partial charge < -0.3 is 10.1 Å². The van der Waals surface area contributed by atoms with Gasteiger partial charge >= 0.3 is 5.97 Å². The van der Waals surface area contributed by atoms with Crippen molar-refractivity contribution in [2.45, 2.75) is 6.04 Å². The van der Waals surface area contributed by atoms with Gasteiger partial charge in [-0.2, -0.15) is 0 Å². The van der Waals surface area contributed by atoms with Gasteiger partial charge in [-0.05, 0) is 40.7 Å². The number of nitrogens with one attached hydrogen (secondary N) is 1. The van der Waals surface area contributed by atoms with Crippen molar-refractivity contribution in [1.29, 1.82) is 0 Å². The van der Waals surface area contributed by atoms with Crippen molar-refractivity contribution in [3.05, 3.63) is 33.3 Å². The van der Waals surface area contributed by atoms with Crippen LogP contribution in [-0.4, -0.2) is 20.1 Å². The third-order valence-corrected chi connectivity index (χ3v) is 3.22. The molecular weight excluding hydrogens is 281 g/mol. The molecule has 1 aromatic rings. The van der Waals surface area contributed by atoms with Crippen LogP contribution in [-0.2, 0) is 9.53 Å². The van der Waals surface area contributed by atoms with Crippen LogP contribution in [0.1, 0.15) is 11.6 Å². The molecule has 0 aliphatic rings. The lowest BCUT2D eigenvalue weighted by atomic mass is 10.1. The van der Waals surface area contributed by atoms with E-state index in [-0.39, 0.29) is 5.97 Å². The summed E-state index contributed by atoms with van der Waals surface area (Å²) in [6.07, 6.45) is 0. The van der Waals surface area contributed by atoms with E-state index in [0.29, 0.717) is 5.02 Å². The van der Waals surface area contributed by atoms with Crippen molar-refractivity contribution in [3.8, 4) is 0 Å². The first kappa shape index (κ1) is 12.5. The molecular formula is C10H11BrClNO2. The third kappa shape index (κ3) is 2.93. The Labute approximate surface area is 102 Å². The number of rotatable bonds is 3. The van der Waals surface area contributed by atoms with E-state index in [9.17, 15) is 4.79 Å². The minimum absolute atomic E-state index is 0.327. The van der Waals surface area contributed by atoms with Gasteiger partial charge in [0.25, 0.3) is 0 Å². The molecule has 15 heavy (non-hydrogen) atoms. The summed E-state index contributed by atoms with van der Waals surface area (Å²) in [6, 6.07) is 4.84. The molecule has 0 heterocycles. The predicted octanol–water partition coefficient (Wildman–Crippen LogP) is 2.54. The van der Waals surface area contributed by atoms with Gasteiger partial charge in [0, 0.05) is 4.47 Å². The normalized spacial score (nSPS) is 12.3. The number of halogens is 2. The zero-order chi connectivity index (χ0) is 11.4. The summed E-state index contributed by atoms with van der Waals surface area (Å²) in [6.45, 7) is 0. The highest BCUT2D eigenvalue weighted by atomic mass is 79.9. The summed E-state index contributed by atoms with van der Waals surface area (Å²) >= 11 is 9.16. The third-order valence-electron chi connectivity index (χ3n) is 2.00. The second-order valence-electron chi connectivity index (χ2n) is 2.92. The molecule has 0 bridgehead atoms. The first-order valence-corrected chi connectivity index (χ1v) is 5.47. The highest BCUT2D eigenvalue weighted by Gasteiger charge is 2.19. The quantitative estimate of drug-likeness (QED) is 0.870. The Morgan fingerprint density at radius 1 is 1.60 bits per heavy atom. The van der Waals surface area contributed by atoms with Gasteiger partial charge in [-0.1, -0.05) is 17.7 Å². The highest BCUT2D eigenvalue weighted by molar-refractivity contribution is 9.10. The van der Waals surface area contributed by atoms with Crippen LogP contribution in [0.3, 0.4) is 0 Å². The van der Waals surface area contributed by atoms with E-state index < -0.39 is 6.04 Å². The maximum absolute atomic E-state index is 11.4. The number of carbonyl (C=O) groups excluding carboxylic acids is 1. The monoisotopic (exact) mass is 291 g/mol. The molecule has 1 unspecified atom stereocenters. The Kier molecular flexibility index (Phi) is 4.57. The predicted molar refractivity (Wildman–Crippen MR) is 63.0 cm³/mol. The van der Waals surface area contributed by atoms with Gasteiger partial charge in [0.2, 0.25) is 0 Å². The Morgan fingerprint density at radius 2 is 2.27 bits per heavy atom. The molecule has 0 aromatic heterocycles. The summed E-state index contributed by atoms with van der Waals surface area (Å²) in [5.74, 6) is -0.327. The van der Waals surface area contributed by atoms with Crippen LogP contribution in [0.15, 0.2) is 22.7 Å². The Bertz CT molecular complexity index is 370. The molecule has 0 spiro atoms. The number of methoxy groups -OCH3 is 1. The zero-order valence-corrected chi connectivity index (χ0v) is 10.7. The van der Waals surface area contributed by atoms with Crippen LogP contribution < -0.4 is 5.32 Å². The topological polar surface area (TPSA) is 38.3 Å². The molecule has 1 atom stereocenters. The van der Waals surface area contributed by atoms with Gasteiger partial charge in [0.1, 0.15) is 6.04 Å². The standard InChI is InChI=1S/C10H11BrClNO2/c1-13-9(10(14)15-2)6-3-4-8(12)7(11)5-6/h3-5,9,13H,1-2H3. The number of hydrogen-bond acceptors (Lipinski definition) is 3. The minimum atomic E-state index is -0.469. The lowest BCUT2D eigenvalue weighted by molar-refractivity contribution is -0.143.